The van der Waals surface area contributed by atoms with Crippen LogP contribution < -0.4 is 10.6 Å². The first-order chi connectivity index (χ1) is 8.49. The summed E-state index contributed by atoms with van der Waals surface area (Å²) in [6, 6.07) is 2.47. The van der Waals surface area contributed by atoms with E-state index >= 15 is 0 Å². The molecule has 102 valence electrons. The minimum atomic E-state index is -0.0116. The van der Waals surface area contributed by atoms with Crippen LogP contribution in [-0.4, -0.2) is 11.9 Å². The Hall–Kier alpha value is -0.870. The van der Waals surface area contributed by atoms with Gasteiger partial charge in [-0.25, -0.2) is 0 Å². The highest BCUT2D eigenvalue weighted by molar-refractivity contribution is 7.10. The number of anilines is 1. The van der Waals surface area contributed by atoms with Crippen LogP contribution in [0.3, 0.4) is 0 Å². The summed E-state index contributed by atoms with van der Waals surface area (Å²) in [6.07, 6.45) is 2.44. The molecule has 1 amide bonds. The van der Waals surface area contributed by atoms with E-state index in [1.54, 1.807) is 18.3 Å². The maximum atomic E-state index is 11.1. The third-order valence-corrected chi connectivity index (χ3v) is 3.77. The summed E-state index contributed by atoms with van der Waals surface area (Å²) < 4.78 is 0. The van der Waals surface area contributed by atoms with Gasteiger partial charge in [0.1, 0.15) is 0 Å². The molecule has 2 N–H and O–H groups in total. The van der Waals surface area contributed by atoms with Crippen molar-refractivity contribution in [3.8, 4) is 0 Å². The molecule has 3 nitrogen and oxygen atoms in total. The van der Waals surface area contributed by atoms with Gasteiger partial charge in [-0.15, -0.1) is 11.3 Å². The number of amides is 1. The smallest absolute Gasteiger partial charge is 0.221 e. The Morgan fingerprint density at radius 1 is 1.33 bits per heavy atom. The van der Waals surface area contributed by atoms with E-state index in [1.807, 2.05) is 11.4 Å². The average Bonchev–Trinajstić information content (AvgIpc) is 2.70. The lowest BCUT2D eigenvalue weighted by Crippen LogP contribution is -2.25. The Bertz CT molecular complexity index is 374. The van der Waals surface area contributed by atoms with E-state index in [2.05, 4.69) is 31.4 Å². The van der Waals surface area contributed by atoms with Gasteiger partial charge in [-0.05, 0) is 37.1 Å². The van der Waals surface area contributed by atoms with Gasteiger partial charge in [0.05, 0.1) is 5.69 Å². The van der Waals surface area contributed by atoms with Gasteiger partial charge in [0.25, 0.3) is 0 Å². The monoisotopic (exact) mass is 268 g/mol. The molecule has 1 aromatic rings. The first kappa shape index (κ1) is 15.2. The highest BCUT2D eigenvalue weighted by Crippen LogP contribution is 2.22. The quantitative estimate of drug-likeness (QED) is 0.793. The third-order valence-electron chi connectivity index (χ3n) is 2.84. The topological polar surface area (TPSA) is 41.1 Å². The number of rotatable bonds is 7. The lowest BCUT2D eigenvalue weighted by Gasteiger charge is -2.15. The van der Waals surface area contributed by atoms with Crippen LogP contribution in [0.2, 0.25) is 0 Å². The molecule has 0 radical (unpaired) electrons. The first-order valence-corrected chi connectivity index (χ1v) is 7.44. The van der Waals surface area contributed by atoms with Crippen molar-refractivity contribution in [2.24, 2.45) is 5.92 Å². The van der Waals surface area contributed by atoms with Crippen LogP contribution in [0.5, 0.6) is 0 Å². The predicted molar refractivity (Wildman–Crippen MR) is 79.0 cm³/mol. The molecule has 1 heterocycles. The fourth-order valence-corrected chi connectivity index (χ4v) is 2.51. The van der Waals surface area contributed by atoms with Crippen molar-refractivity contribution >= 4 is 22.9 Å². The zero-order valence-corrected chi connectivity index (χ0v) is 12.6. The highest BCUT2D eigenvalue weighted by Gasteiger charge is 2.08. The summed E-state index contributed by atoms with van der Waals surface area (Å²) in [4.78, 5) is 12.2. The Labute approximate surface area is 114 Å². The van der Waals surface area contributed by atoms with Gasteiger partial charge in [-0.2, -0.15) is 0 Å². The molecular formula is C14H24N2OS. The van der Waals surface area contributed by atoms with Crippen LogP contribution in [0, 0.1) is 5.92 Å². The number of hydrogen-bond donors (Lipinski definition) is 2. The summed E-state index contributed by atoms with van der Waals surface area (Å²) in [5, 5.41) is 8.39. The van der Waals surface area contributed by atoms with Crippen molar-refractivity contribution in [2.45, 2.75) is 53.1 Å². The molecule has 4 heteroatoms. The molecule has 0 aliphatic carbocycles. The van der Waals surface area contributed by atoms with E-state index in [0.29, 0.717) is 6.04 Å². The molecular weight excluding hydrogens is 244 g/mol. The van der Waals surface area contributed by atoms with Crippen molar-refractivity contribution < 1.29 is 4.79 Å². The second kappa shape index (κ2) is 7.54. The van der Waals surface area contributed by atoms with E-state index in [0.717, 1.165) is 18.2 Å². The fraction of sp³-hybridized carbons (Fsp3) is 0.643. The maximum absolute atomic E-state index is 11.1. The number of hydrogen-bond acceptors (Lipinski definition) is 3. The van der Waals surface area contributed by atoms with E-state index in [-0.39, 0.29) is 5.91 Å². The predicted octanol–water partition coefficient (Wildman–Crippen LogP) is 3.62. The molecule has 1 atom stereocenters. The van der Waals surface area contributed by atoms with Crippen LogP contribution >= 0.6 is 11.3 Å². The van der Waals surface area contributed by atoms with Gasteiger partial charge in [0, 0.05) is 24.4 Å². The SMILES string of the molecule is CC(=O)Nc1ccsc1CNC(C)CCC(C)C. The Morgan fingerprint density at radius 3 is 2.67 bits per heavy atom. The third kappa shape index (κ3) is 5.65. The van der Waals surface area contributed by atoms with E-state index in [9.17, 15) is 4.79 Å². The molecule has 0 aromatic carbocycles. The molecule has 0 fully saturated rings. The van der Waals surface area contributed by atoms with E-state index in [1.165, 1.54) is 17.7 Å². The Morgan fingerprint density at radius 2 is 2.06 bits per heavy atom. The lowest BCUT2D eigenvalue weighted by molar-refractivity contribution is -0.114. The molecule has 0 bridgehead atoms. The molecule has 0 saturated carbocycles. The van der Waals surface area contributed by atoms with Crippen LogP contribution in [-0.2, 0) is 11.3 Å². The normalized spacial score (nSPS) is 12.7. The summed E-state index contributed by atoms with van der Waals surface area (Å²) >= 11 is 1.68. The second-order valence-electron chi connectivity index (χ2n) is 5.19. The fourth-order valence-electron chi connectivity index (χ4n) is 1.73. The maximum Gasteiger partial charge on any atom is 0.221 e. The summed E-state index contributed by atoms with van der Waals surface area (Å²) in [7, 11) is 0. The summed E-state index contributed by atoms with van der Waals surface area (Å²) in [5.41, 5.74) is 0.941. The van der Waals surface area contributed by atoms with Gasteiger partial charge in [0.15, 0.2) is 0 Å². The van der Waals surface area contributed by atoms with E-state index < -0.39 is 0 Å². The van der Waals surface area contributed by atoms with Gasteiger partial charge < -0.3 is 10.6 Å². The molecule has 0 saturated heterocycles. The molecule has 0 aliphatic rings. The van der Waals surface area contributed by atoms with Crippen LogP contribution in [0.15, 0.2) is 11.4 Å². The molecule has 0 aliphatic heterocycles. The standard InChI is InChI=1S/C14H24N2OS/c1-10(2)5-6-11(3)15-9-14-13(7-8-18-14)16-12(4)17/h7-8,10-11,15H,5-6,9H2,1-4H3,(H,16,17). The van der Waals surface area contributed by atoms with Crippen molar-refractivity contribution in [2.75, 3.05) is 5.32 Å². The van der Waals surface area contributed by atoms with Crippen LogP contribution in [0.4, 0.5) is 5.69 Å². The van der Waals surface area contributed by atoms with Crippen molar-refractivity contribution in [1.29, 1.82) is 0 Å². The minimum Gasteiger partial charge on any atom is -0.325 e. The highest BCUT2D eigenvalue weighted by atomic mass is 32.1. The van der Waals surface area contributed by atoms with Gasteiger partial charge in [0.2, 0.25) is 5.91 Å². The average molecular weight is 268 g/mol. The van der Waals surface area contributed by atoms with Crippen molar-refractivity contribution in [1.82, 2.24) is 5.32 Å². The number of carbonyl (C=O) groups excluding carboxylic acids is 1. The summed E-state index contributed by atoms with van der Waals surface area (Å²) in [6.45, 7) is 9.09. The molecule has 18 heavy (non-hydrogen) atoms. The van der Waals surface area contributed by atoms with Crippen LogP contribution in [0.1, 0.15) is 45.4 Å². The minimum absolute atomic E-state index is 0.0116. The lowest BCUT2D eigenvalue weighted by atomic mass is 10.0. The molecule has 0 spiro atoms. The largest absolute Gasteiger partial charge is 0.325 e. The van der Waals surface area contributed by atoms with Crippen molar-refractivity contribution in [3.05, 3.63) is 16.3 Å². The first-order valence-electron chi connectivity index (χ1n) is 6.56. The number of nitrogens with one attached hydrogen (secondary N) is 2. The molecule has 1 rings (SSSR count). The summed E-state index contributed by atoms with van der Waals surface area (Å²) in [5.74, 6) is 0.744. The Balaban J connectivity index is 2.38. The van der Waals surface area contributed by atoms with E-state index in [4.69, 9.17) is 0 Å². The Kier molecular flexibility index (Phi) is 6.36. The van der Waals surface area contributed by atoms with Crippen LogP contribution in [0.25, 0.3) is 0 Å². The van der Waals surface area contributed by atoms with Gasteiger partial charge in [-0.3, -0.25) is 4.79 Å². The molecule has 1 unspecified atom stereocenters. The zero-order valence-electron chi connectivity index (χ0n) is 11.7. The van der Waals surface area contributed by atoms with Crippen molar-refractivity contribution in [3.63, 3.8) is 0 Å². The second-order valence-corrected chi connectivity index (χ2v) is 6.19. The zero-order chi connectivity index (χ0) is 13.5. The number of thiophene rings is 1. The van der Waals surface area contributed by atoms with Gasteiger partial charge in [-0.1, -0.05) is 13.8 Å². The van der Waals surface area contributed by atoms with Gasteiger partial charge >= 0.3 is 0 Å². The number of carbonyl (C=O) groups is 1. The molecule has 1 aromatic heterocycles.